The molecule has 0 saturated carbocycles. The lowest BCUT2D eigenvalue weighted by Gasteiger charge is -2.56. The van der Waals surface area contributed by atoms with Crippen LogP contribution >= 0.6 is 0 Å². The molecule has 4 aliphatic heterocycles. The zero-order chi connectivity index (χ0) is 19.3. The van der Waals surface area contributed by atoms with E-state index in [4.69, 9.17) is 9.47 Å². The van der Waals surface area contributed by atoms with Crippen LogP contribution in [0.2, 0.25) is 0 Å². The molecule has 5 heterocycles. The maximum absolute atomic E-state index is 12.5. The Morgan fingerprint density at radius 2 is 1.96 bits per heavy atom. The van der Waals surface area contributed by atoms with Crippen LogP contribution in [0.1, 0.15) is 17.7 Å². The van der Waals surface area contributed by atoms with E-state index in [1.165, 1.54) is 0 Å². The minimum atomic E-state index is -0.00363. The number of carbonyl (C=O) groups is 1. The number of carbonyl (C=O) groups excluding carboxylic acids is 1. The van der Waals surface area contributed by atoms with Crippen molar-refractivity contribution in [1.29, 1.82) is 0 Å². The van der Waals surface area contributed by atoms with Crippen molar-refractivity contribution >= 4 is 17.4 Å². The fourth-order valence-corrected chi connectivity index (χ4v) is 4.30. The second-order valence-electron chi connectivity index (χ2n) is 7.64. The average Bonchev–Trinajstić information content (AvgIpc) is 3.16. The molecule has 0 radical (unpaired) electrons. The molecule has 2 atom stereocenters. The number of piperidine rings is 1. The number of piperazine rings is 1. The summed E-state index contributed by atoms with van der Waals surface area (Å²) in [5.74, 6) is 2.40. The molecule has 6 rings (SSSR count). The second kappa shape index (κ2) is 6.63. The Kier molecular flexibility index (Phi) is 4.08. The monoisotopic (exact) mass is 381 g/mol. The van der Waals surface area contributed by atoms with Gasteiger partial charge in [-0.1, -0.05) is 0 Å². The first kappa shape index (κ1) is 17.2. The predicted molar refractivity (Wildman–Crippen MR) is 104 cm³/mol. The first-order chi connectivity index (χ1) is 13.6. The standard InChI is InChI=1S/C20H23N5O3/c1-12-13(2)21-10-22-20(12)24-7-15-6-16(8-24)25(15)9-19(26)23-14-3-4-17-18(5-14)28-11-27-17/h3-5,10,15-16H,6-9,11H2,1-2H3,(H,23,26). The van der Waals surface area contributed by atoms with Crippen LogP contribution < -0.4 is 19.7 Å². The van der Waals surface area contributed by atoms with Crippen molar-refractivity contribution in [3.05, 3.63) is 35.8 Å². The lowest BCUT2D eigenvalue weighted by molar-refractivity contribution is -0.121. The zero-order valence-corrected chi connectivity index (χ0v) is 16.0. The van der Waals surface area contributed by atoms with Crippen molar-refractivity contribution in [2.24, 2.45) is 0 Å². The maximum Gasteiger partial charge on any atom is 0.238 e. The lowest BCUT2D eigenvalue weighted by Crippen LogP contribution is -2.70. The fraction of sp³-hybridized carbons (Fsp3) is 0.450. The number of anilines is 2. The molecule has 1 aromatic heterocycles. The number of nitrogens with zero attached hydrogens (tertiary/aromatic N) is 4. The fourth-order valence-electron chi connectivity index (χ4n) is 4.30. The number of hydrogen-bond acceptors (Lipinski definition) is 7. The smallest absolute Gasteiger partial charge is 0.238 e. The number of aromatic nitrogens is 2. The summed E-state index contributed by atoms with van der Waals surface area (Å²) in [6.07, 6.45) is 2.77. The first-order valence-electron chi connectivity index (χ1n) is 9.57. The van der Waals surface area contributed by atoms with E-state index in [1.807, 2.05) is 19.1 Å². The molecule has 1 amide bonds. The van der Waals surface area contributed by atoms with E-state index >= 15 is 0 Å². The summed E-state index contributed by atoms with van der Waals surface area (Å²) in [7, 11) is 0. The summed E-state index contributed by atoms with van der Waals surface area (Å²) in [6.45, 7) is 6.50. The Morgan fingerprint density at radius 3 is 2.79 bits per heavy atom. The second-order valence-corrected chi connectivity index (χ2v) is 7.64. The molecular weight excluding hydrogens is 358 g/mol. The van der Waals surface area contributed by atoms with Crippen molar-refractivity contribution in [2.75, 3.05) is 36.6 Å². The molecule has 28 heavy (non-hydrogen) atoms. The van der Waals surface area contributed by atoms with Crippen LogP contribution in [0.3, 0.4) is 0 Å². The molecule has 2 unspecified atom stereocenters. The largest absolute Gasteiger partial charge is 0.454 e. The molecule has 1 aromatic carbocycles. The minimum Gasteiger partial charge on any atom is -0.454 e. The van der Waals surface area contributed by atoms with Gasteiger partial charge < -0.3 is 19.7 Å². The molecule has 2 aromatic rings. The third kappa shape index (κ3) is 2.93. The highest BCUT2D eigenvalue weighted by Crippen LogP contribution is 2.36. The average molecular weight is 381 g/mol. The van der Waals surface area contributed by atoms with Crippen LogP contribution in [-0.2, 0) is 4.79 Å². The van der Waals surface area contributed by atoms with E-state index in [2.05, 4.69) is 32.0 Å². The molecule has 0 aliphatic carbocycles. The third-order valence-corrected chi connectivity index (χ3v) is 5.94. The maximum atomic E-state index is 12.5. The van der Waals surface area contributed by atoms with Crippen LogP contribution in [-0.4, -0.2) is 59.3 Å². The van der Waals surface area contributed by atoms with Gasteiger partial charge >= 0.3 is 0 Å². The van der Waals surface area contributed by atoms with Crippen molar-refractivity contribution in [3.8, 4) is 11.5 Å². The van der Waals surface area contributed by atoms with E-state index in [-0.39, 0.29) is 12.7 Å². The van der Waals surface area contributed by atoms with Gasteiger partial charge in [-0.15, -0.1) is 0 Å². The Bertz CT molecular complexity index is 922. The van der Waals surface area contributed by atoms with Crippen LogP contribution in [0.4, 0.5) is 11.5 Å². The Labute approximate surface area is 163 Å². The highest BCUT2D eigenvalue weighted by atomic mass is 16.7. The van der Waals surface area contributed by atoms with Crippen LogP contribution in [0, 0.1) is 13.8 Å². The summed E-state index contributed by atoms with van der Waals surface area (Å²) in [5.41, 5.74) is 2.88. The SMILES string of the molecule is Cc1ncnc(N2CC3CC(C2)N3CC(=O)Nc2ccc3c(c2)OCO3)c1C. The summed E-state index contributed by atoms with van der Waals surface area (Å²) in [6, 6.07) is 6.23. The molecular formula is C20H23N5O3. The van der Waals surface area contributed by atoms with Crippen LogP contribution in [0.5, 0.6) is 11.5 Å². The third-order valence-electron chi connectivity index (χ3n) is 5.94. The van der Waals surface area contributed by atoms with Gasteiger partial charge in [0.1, 0.15) is 12.1 Å². The molecule has 8 nitrogen and oxygen atoms in total. The number of benzene rings is 1. The summed E-state index contributed by atoms with van der Waals surface area (Å²) in [4.78, 5) is 25.9. The molecule has 8 heteroatoms. The number of amides is 1. The Balaban J connectivity index is 1.20. The number of fused-ring (bicyclic) bond motifs is 3. The van der Waals surface area contributed by atoms with Gasteiger partial charge in [0.2, 0.25) is 12.7 Å². The highest BCUT2D eigenvalue weighted by molar-refractivity contribution is 5.92. The van der Waals surface area contributed by atoms with E-state index in [0.29, 0.717) is 30.1 Å². The van der Waals surface area contributed by atoms with Gasteiger partial charge in [0.05, 0.1) is 6.54 Å². The molecule has 0 spiro atoms. The van der Waals surface area contributed by atoms with Crippen LogP contribution in [0.25, 0.3) is 0 Å². The van der Waals surface area contributed by atoms with Crippen LogP contribution in [0.15, 0.2) is 24.5 Å². The Hall–Kier alpha value is -2.87. The van der Waals surface area contributed by atoms with E-state index < -0.39 is 0 Å². The number of ether oxygens (including phenoxy) is 2. The van der Waals surface area contributed by atoms with Gasteiger partial charge in [-0.25, -0.2) is 9.97 Å². The molecule has 146 valence electrons. The van der Waals surface area contributed by atoms with Gasteiger partial charge in [0, 0.05) is 48.2 Å². The Morgan fingerprint density at radius 1 is 1.18 bits per heavy atom. The quantitative estimate of drug-likeness (QED) is 0.864. The van der Waals surface area contributed by atoms with Crippen molar-refractivity contribution in [1.82, 2.24) is 14.9 Å². The predicted octanol–water partition coefficient (Wildman–Crippen LogP) is 1.72. The van der Waals surface area contributed by atoms with E-state index in [1.54, 1.807) is 12.4 Å². The topological polar surface area (TPSA) is 79.8 Å². The van der Waals surface area contributed by atoms with Gasteiger partial charge in [-0.3, -0.25) is 9.69 Å². The molecule has 3 fully saturated rings. The minimum absolute atomic E-state index is 0.00363. The highest BCUT2D eigenvalue weighted by Gasteiger charge is 2.45. The molecule has 4 aliphatic rings. The van der Waals surface area contributed by atoms with Crippen molar-refractivity contribution in [3.63, 3.8) is 0 Å². The van der Waals surface area contributed by atoms with Gasteiger partial charge in [0.25, 0.3) is 0 Å². The molecule has 3 saturated heterocycles. The number of nitrogens with one attached hydrogen (secondary N) is 1. The summed E-state index contributed by atoms with van der Waals surface area (Å²) >= 11 is 0. The van der Waals surface area contributed by atoms with E-state index in [0.717, 1.165) is 42.3 Å². The molecule has 1 N–H and O–H groups in total. The lowest BCUT2D eigenvalue weighted by atomic mass is 9.87. The normalized spacial score (nSPS) is 22.7. The number of rotatable bonds is 4. The summed E-state index contributed by atoms with van der Waals surface area (Å²) in [5, 5.41) is 2.97. The first-order valence-corrected chi connectivity index (χ1v) is 9.57. The van der Waals surface area contributed by atoms with Crippen molar-refractivity contribution in [2.45, 2.75) is 32.4 Å². The van der Waals surface area contributed by atoms with Crippen molar-refractivity contribution < 1.29 is 14.3 Å². The number of aryl methyl sites for hydroxylation is 1. The van der Waals surface area contributed by atoms with Gasteiger partial charge in [-0.05, 0) is 32.4 Å². The van der Waals surface area contributed by atoms with Gasteiger partial charge in [-0.2, -0.15) is 0 Å². The van der Waals surface area contributed by atoms with E-state index in [9.17, 15) is 4.79 Å². The van der Waals surface area contributed by atoms with Gasteiger partial charge in [0.15, 0.2) is 11.5 Å². The number of hydrogen-bond donors (Lipinski definition) is 1. The zero-order valence-electron chi connectivity index (χ0n) is 16.0. The molecule has 2 bridgehead atoms. The summed E-state index contributed by atoms with van der Waals surface area (Å²) < 4.78 is 10.7.